The van der Waals surface area contributed by atoms with Crippen LogP contribution in [-0.2, 0) is 11.3 Å². The molecule has 0 unspecified atom stereocenters. The number of anilines is 1. The summed E-state index contributed by atoms with van der Waals surface area (Å²) in [5, 5.41) is 7.82. The fraction of sp³-hybridized carbons (Fsp3) is 0.400. The van der Waals surface area contributed by atoms with Gasteiger partial charge in [-0.1, -0.05) is 12.1 Å². The molecule has 27 heavy (non-hydrogen) atoms. The zero-order chi connectivity index (χ0) is 18.5. The van der Waals surface area contributed by atoms with Crippen molar-refractivity contribution < 1.29 is 9.47 Å². The molecule has 142 valence electrons. The molecule has 0 radical (unpaired) electrons. The number of fused-ring (bicyclic) bond motifs is 1. The average molecular weight is 367 g/mol. The Morgan fingerprint density at radius 1 is 1.22 bits per heavy atom. The summed E-state index contributed by atoms with van der Waals surface area (Å²) in [6.45, 7) is 7.88. The van der Waals surface area contributed by atoms with Gasteiger partial charge in [0.1, 0.15) is 17.9 Å². The highest BCUT2D eigenvalue weighted by molar-refractivity contribution is 5.67. The Hall–Kier alpha value is -2.64. The zero-order valence-electron chi connectivity index (χ0n) is 15.6. The number of morpholine rings is 1. The summed E-state index contributed by atoms with van der Waals surface area (Å²) in [5.41, 5.74) is 3.11. The topological polar surface area (TPSA) is 63.9 Å². The molecule has 0 bridgehead atoms. The molecular weight excluding hydrogens is 342 g/mol. The molecule has 0 saturated carbocycles. The molecule has 3 aromatic rings. The first-order valence-corrected chi connectivity index (χ1v) is 9.35. The van der Waals surface area contributed by atoms with E-state index >= 15 is 0 Å². The van der Waals surface area contributed by atoms with Gasteiger partial charge in [0.15, 0.2) is 5.82 Å². The molecule has 0 atom stereocenters. The first kappa shape index (κ1) is 17.8. The van der Waals surface area contributed by atoms with Crippen LogP contribution in [0.25, 0.3) is 5.52 Å². The maximum Gasteiger partial charge on any atom is 0.152 e. The quantitative estimate of drug-likeness (QED) is 0.692. The number of ether oxygens (including phenoxy) is 2. The Kier molecular flexibility index (Phi) is 5.50. The van der Waals surface area contributed by atoms with Gasteiger partial charge in [0.2, 0.25) is 0 Å². The van der Waals surface area contributed by atoms with Crippen LogP contribution in [0.3, 0.4) is 0 Å². The first-order valence-electron chi connectivity index (χ1n) is 9.35. The van der Waals surface area contributed by atoms with Gasteiger partial charge < -0.3 is 14.8 Å². The van der Waals surface area contributed by atoms with Gasteiger partial charge in [0.05, 0.1) is 18.9 Å². The number of aryl methyl sites for hydroxylation is 1. The van der Waals surface area contributed by atoms with Gasteiger partial charge in [-0.2, -0.15) is 5.10 Å². The number of benzene rings is 1. The van der Waals surface area contributed by atoms with Gasteiger partial charge in [-0.15, -0.1) is 0 Å². The molecule has 3 heterocycles. The van der Waals surface area contributed by atoms with Crippen molar-refractivity contribution in [3.63, 3.8) is 0 Å². The van der Waals surface area contributed by atoms with Gasteiger partial charge in [-0.05, 0) is 30.7 Å². The standard InChI is InChI=1S/C20H25N5O2/c1-16-13-19-20(21-5-6-25(19)23-16)22-15-17-3-2-4-18(14-17)27-12-9-24-7-10-26-11-8-24/h2-6,13-14H,7-12,15H2,1H3,(H,21,22). The third kappa shape index (κ3) is 4.56. The van der Waals surface area contributed by atoms with Crippen molar-refractivity contribution >= 4 is 11.3 Å². The number of nitrogens with zero attached hydrogens (tertiary/aromatic N) is 4. The summed E-state index contributed by atoms with van der Waals surface area (Å²) in [6, 6.07) is 10.2. The van der Waals surface area contributed by atoms with Crippen molar-refractivity contribution in [2.45, 2.75) is 13.5 Å². The van der Waals surface area contributed by atoms with Crippen LogP contribution >= 0.6 is 0 Å². The van der Waals surface area contributed by atoms with E-state index in [0.717, 1.165) is 61.2 Å². The van der Waals surface area contributed by atoms with Crippen molar-refractivity contribution in [3.8, 4) is 5.75 Å². The van der Waals surface area contributed by atoms with Crippen molar-refractivity contribution in [3.05, 3.63) is 54.0 Å². The van der Waals surface area contributed by atoms with E-state index in [1.807, 2.05) is 35.8 Å². The van der Waals surface area contributed by atoms with Crippen molar-refractivity contribution in [1.29, 1.82) is 0 Å². The van der Waals surface area contributed by atoms with Crippen molar-refractivity contribution in [1.82, 2.24) is 19.5 Å². The molecule has 7 heteroatoms. The highest BCUT2D eigenvalue weighted by atomic mass is 16.5. The Labute approximate surface area is 158 Å². The number of rotatable bonds is 7. The van der Waals surface area contributed by atoms with E-state index in [0.29, 0.717) is 13.2 Å². The highest BCUT2D eigenvalue weighted by Gasteiger charge is 2.10. The smallest absolute Gasteiger partial charge is 0.152 e. The lowest BCUT2D eigenvalue weighted by Gasteiger charge is -2.26. The Balaban J connectivity index is 1.33. The fourth-order valence-corrected chi connectivity index (χ4v) is 3.23. The van der Waals surface area contributed by atoms with Crippen LogP contribution in [0, 0.1) is 6.92 Å². The van der Waals surface area contributed by atoms with E-state index in [4.69, 9.17) is 9.47 Å². The van der Waals surface area contributed by atoms with E-state index < -0.39 is 0 Å². The lowest BCUT2D eigenvalue weighted by atomic mass is 10.2. The van der Waals surface area contributed by atoms with E-state index in [9.17, 15) is 0 Å². The summed E-state index contributed by atoms with van der Waals surface area (Å²) in [5.74, 6) is 1.73. The summed E-state index contributed by atoms with van der Waals surface area (Å²) >= 11 is 0. The third-order valence-electron chi connectivity index (χ3n) is 4.65. The molecule has 1 saturated heterocycles. The van der Waals surface area contributed by atoms with E-state index in [2.05, 4.69) is 32.4 Å². The summed E-state index contributed by atoms with van der Waals surface area (Å²) < 4.78 is 13.1. The zero-order valence-corrected chi connectivity index (χ0v) is 15.6. The normalized spacial score (nSPS) is 15.1. The van der Waals surface area contributed by atoms with Crippen LogP contribution in [0.15, 0.2) is 42.7 Å². The van der Waals surface area contributed by atoms with E-state index in [-0.39, 0.29) is 0 Å². The summed E-state index contributed by atoms with van der Waals surface area (Å²) in [7, 11) is 0. The van der Waals surface area contributed by atoms with E-state index in [1.165, 1.54) is 0 Å². The number of aromatic nitrogens is 3. The minimum absolute atomic E-state index is 0.678. The van der Waals surface area contributed by atoms with Gasteiger partial charge in [-0.3, -0.25) is 4.90 Å². The van der Waals surface area contributed by atoms with Crippen LogP contribution < -0.4 is 10.1 Å². The molecule has 7 nitrogen and oxygen atoms in total. The highest BCUT2D eigenvalue weighted by Crippen LogP contribution is 2.18. The lowest BCUT2D eigenvalue weighted by molar-refractivity contribution is 0.0322. The monoisotopic (exact) mass is 367 g/mol. The maximum absolute atomic E-state index is 5.94. The van der Waals surface area contributed by atoms with Crippen LogP contribution in [0.5, 0.6) is 5.75 Å². The summed E-state index contributed by atoms with van der Waals surface area (Å²) in [4.78, 5) is 6.81. The number of nitrogens with one attached hydrogen (secondary N) is 1. The lowest BCUT2D eigenvalue weighted by Crippen LogP contribution is -2.38. The van der Waals surface area contributed by atoms with Crippen LogP contribution in [0.4, 0.5) is 5.82 Å². The Morgan fingerprint density at radius 2 is 2.11 bits per heavy atom. The Bertz CT molecular complexity index is 889. The number of hydrogen-bond acceptors (Lipinski definition) is 6. The predicted octanol–water partition coefficient (Wildman–Crippen LogP) is 2.36. The van der Waals surface area contributed by atoms with Gasteiger partial charge >= 0.3 is 0 Å². The van der Waals surface area contributed by atoms with Crippen molar-refractivity contribution in [2.75, 3.05) is 44.8 Å². The average Bonchev–Trinajstić information content (AvgIpc) is 3.08. The van der Waals surface area contributed by atoms with Crippen molar-refractivity contribution in [2.24, 2.45) is 0 Å². The second-order valence-electron chi connectivity index (χ2n) is 6.69. The predicted molar refractivity (Wildman–Crippen MR) is 104 cm³/mol. The SMILES string of the molecule is Cc1cc2c(NCc3cccc(OCCN4CCOCC4)c3)nccn2n1. The van der Waals surface area contributed by atoms with E-state index in [1.54, 1.807) is 6.20 Å². The molecule has 1 aliphatic rings. The minimum atomic E-state index is 0.678. The minimum Gasteiger partial charge on any atom is -0.492 e. The molecule has 4 rings (SSSR count). The first-order chi connectivity index (χ1) is 13.3. The fourth-order valence-electron chi connectivity index (χ4n) is 3.23. The molecule has 1 fully saturated rings. The Morgan fingerprint density at radius 3 is 3.00 bits per heavy atom. The van der Waals surface area contributed by atoms with Crippen LogP contribution in [-0.4, -0.2) is 59.0 Å². The third-order valence-corrected chi connectivity index (χ3v) is 4.65. The van der Waals surface area contributed by atoms with Gasteiger partial charge in [0.25, 0.3) is 0 Å². The van der Waals surface area contributed by atoms with Gasteiger partial charge in [0, 0.05) is 38.6 Å². The molecule has 1 aromatic carbocycles. The molecule has 1 aliphatic heterocycles. The number of hydrogen-bond donors (Lipinski definition) is 1. The second-order valence-corrected chi connectivity index (χ2v) is 6.69. The maximum atomic E-state index is 5.94. The largest absolute Gasteiger partial charge is 0.492 e. The molecule has 1 N–H and O–H groups in total. The molecule has 0 spiro atoms. The second kappa shape index (κ2) is 8.37. The molecule has 2 aromatic heterocycles. The van der Waals surface area contributed by atoms with Crippen LogP contribution in [0.2, 0.25) is 0 Å². The van der Waals surface area contributed by atoms with Crippen LogP contribution in [0.1, 0.15) is 11.3 Å². The molecule has 0 amide bonds. The molecular formula is C20H25N5O2. The van der Waals surface area contributed by atoms with Gasteiger partial charge in [-0.25, -0.2) is 9.50 Å². The summed E-state index contributed by atoms with van der Waals surface area (Å²) in [6.07, 6.45) is 3.61. The molecule has 0 aliphatic carbocycles.